The monoisotopic (exact) mass is 473 g/mol. The molecule has 0 aliphatic rings. The molecule has 3 aromatic carbocycles. The van der Waals surface area contributed by atoms with Gasteiger partial charge in [-0.2, -0.15) is 5.10 Å². The third-order valence-corrected chi connectivity index (χ3v) is 7.75. The molecule has 0 spiro atoms. The maximum atomic E-state index is 12.8. The van der Waals surface area contributed by atoms with Crippen LogP contribution in [0.2, 0.25) is 0 Å². The van der Waals surface area contributed by atoms with Gasteiger partial charge in [-0.05, 0) is 43.7 Å². The Morgan fingerprint density at radius 2 is 1.53 bits per heavy atom. The van der Waals surface area contributed by atoms with Gasteiger partial charge in [0, 0.05) is 29.4 Å². The summed E-state index contributed by atoms with van der Waals surface area (Å²) in [5, 5.41) is 7.20. The van der Waals surface area contributed by atoms with E-state index in [-0.39, 0.29) is 10.8 Å². The number of benzene rings is 3. The Balaban J connectivity index is 1.53. The Bertz CT molecular complexity index is 1360. The van der Waals surface area contributed by atoms with Crippen LogP contribution in [0.1, 0.15) is 35.3 Å². The van der Waals surface area contributed by atoms with Crippen LogP contribution < -0.4 is 5.32 Å². The van der Waals surface area contributed by atoms with Gasteiger partial charge in [-0.15, -0.1) is 0 Å². The van der Waals surface area contributed by atoms with Gasteiger partial charge in [0.1, 0.15) is 0 Å². The van der Waals surface area contributed by atoms with E-state index in [0.717, 1.165) is 22.4 Å². The van der Waals surface area contributed by atoms with Gasteiger partial charge >= 0.3 is 0 Å². The number of hydrogen-bond donors (Lipinski definition) is 1. The predicted octanol–water partition coefficient (Wildman–Crippen LogP) is 4.71. The van der Waals surface area contributed by atoms with Gasteiger partial charge < -0.3 is 5.32 Å². The van der Waals surface area contributed by atoms with Gasteiger partial charge in [-0.3, -0.25) is 9.48 Å². The first-order valence-corrected chi connectivity index (χ1v) is 12.7. The highest BCUT2D eigenvalue weighted by Gasteiger charge is 2.19. The van der Waals surface area contributed by atoms with E-state index in [1.807, 2.05) is 59.4 Å². The summed E-state index contributed by atoms with van der Waals surface area (Å²) in [6.45, 7) is 4.20. The van der Waals surface area contributed by atoms with E-state index >= 15 is 0 Å². The van der Waals surface area contributed by atoms with Crippen molar-refractivity contribution in [2.24, 2.45) is 0 Å². The Morgan fingerprint density at radius 3 is 2.15 bits per heavy atom. The van der Waals surface area contributed by atoms with Crippen LogP contribution in [0.25, 0.3) is 11.3 Å². The largest absolute Gasteiger partial charge is 0.348 e. The summed E-state index contributed by atoms with van der Waals surface area (Å²) >= 11 is 0. The maximum Gasteiger partial charge on any atom is 0.251 e. The molecule has 0 saturated heterocycles. The third kappa shape index (κ3) is 5.26. The minimum Gasteiger partial charge on any atom is -0.348 e. The van der Waals surface area contributed by atoms with Gasteiger partial charge in [0.15, 0.2) is 9.84 Å². The fourth-order valence-corrected chi connectivity index (χ4v) is 4.69. The fourth-order valence-electron chi connectivity index (χ4n) is 3.63. The minimum absolute atomic E-state index is 0.215. The number of amides is 1. The lowest BCUT2D eigenvalue weighted by Gasteiger charge is -2.09. The van der Waals surface area contributed by atoms with Crippen molar-refractivity contribution in [2.45, 2.75) is 37.1 Å². The van der Waals surface area contributed by atoms with Crippen LogP contribution >= 0.6 is 0 Å². The average Bonchev–Trinajstić information content (AvgIpc) is 3.26. The highest BCUT2D eigenvalue weighted by molar-refractivity contribution is 7.92. The molecule has 1 N–H and O–H groups in total. The lowest BCUT2D eigenvalue weighted by atomic mass is 10.1. The number of carbonyl (C=O) groups is 1. The number of sulfone groups is 1. The maximum absolute atomic E-state index is 12.8. The second-order valence-corrected chi connectivity index (χ2v) is 10.9. The molecular weight excluding hydrogens is 446 g/mol. The number of nitrogens with one attached hydrogen (secondary N) is 1. The molecule has 6 nitrogen and oxygen atoms in total. The zero-order valence-electron chi connectivity index (χ0n) is 19.2. The Morgan fingerprint density at radius 1 is 0.912 bits per heavy atom. The summed E-state index contributed by atoms with van der Waals surface area (Å²) in [7, 11) is -3.38. The Kier molecular flexibility index (Phi) is 6.93. The number of aromatic nitrogens is 2. The van der Waals surface area contributed by atoms with Crippen LogP contribution in [0.5, 0.6) is 0 Å². The topological polar surface area (TPSA) is 81.1 Å². The zero-order valence-corrected chi connectivity index (χ0v) is 20.0. The van der Waals surface area contributed by atoms with Gasteiger partial charge in [0.2, 0.25) is 0 Å². The molecule has 174 valence electrons. The highest BCUT2D eigenvalue weighted by Crippen LogP contribution is 2.23. The van der Waals surface area contributed by atoms with Crippen molar-refractivity contribution < 1.29 is 13.2 Å². The molecule has 0 atom stereocenters. The van der Waals surface area contributed by atoms with Crippen molar-refractivity contribution in [1.82, 2.24) is 15.1 Å². The smallest absolute Gasteiger partial charge is 0.251 e. The molecule has 0 fully saturated rings. The van der Waals surface area contributed by atoms with Crippen LogP contribution in [0, 0.1) is 0 Å². The number of nitrogens with zero attached hydrogens (tertiary/aromatic N) is 2. The number of carbonyl (C=O) groups excluding carboxylic acids is 1. The van der Waals surface area contributed by atoms with Crippen molar-refractivity contribution in [1.29, 1.82) is 0 Å². The van der Waals surface area contributed by atoms with E-state index in [1.54, 1.807) is 26.0 Å². The highest BCUT2D eigenvalue weighted by atomic mass is 32.2. The van der Waals surface area contributed by atoms with Crippen LogP contribution in [0.15, 0.2) is 96.0 Å². The standard InChI is InChI=1S/C27H27N3O3S/c1-20(2)34(32,33)25-15-13-23(14-16-25)27(31)28-17-24-19-30(18-21-9-5-3-6-10-21)29-26(24)22-11-7-4-8-12-22/h3-16,19-20H,17-18H2,1-2H3,(H,28,31). The van der Waals surface area contributed by atoms with Crippen LogP contribution in [0.4, 0.5) is 0 Å². The average molecular weight is 474 g/mol. The minimum atomic E-state index is -3.38. The van der Waals surface area contributed by atoms with Gasteiger partial charge in [0.25, 0.3) is 5.91 Å². The quantitative estimate of drug-likeness (QED) is 0.402. The van der Waals surface area contributed by atoms with Crippen molar-refractivity contribution in [2.75, 3.05) is 0 Å². The van der Waals surface area contributed by atoms with E-state index in [4.69, 9.17) is 5.10 Å². The van der Waals surface area contributed by atoms with E-state index in [1.165, 1.54) is 12.1 Å². The summed E-state index contributed by atoms with van der Waals surface area (Å²) in [5.74, 6) is -0.275. The summed E-state index contributed by atoms with van der Waals surface area (Å²) in [6, 6.07) is 26.0. The molecule has 1 aromatic heterocycles. The van der Waals surface area contributed by atoms with Crippen molar-refractivity contribution >= 4 is 15.7 Å². The molecule has 7 heteroatoms. The molecule has 0 bridgehead atoms. The van der Waals surface area contributed by atoms with E-state index < -0.39 is 15.1 Å². The summed E-state index contributed by atoms with van der Waals surface area (Å²) < 4.78 is 26.5. The second-order valence-electron chi connectivity index (χ2n) is 8.35. The van der Waals surface area contributed by atoms with Crippen molar-refractivity contribution in [3.63, 3.8) is 0 Å². The van der Waals surface area contributed by atoms with Gasteiger partial charge in [-0.1, -0.05) is 60.7 Å². The number of rotatable bonds is 8. The molecule has 0 radical (unpaired) electrons. The molecule has 34 heavy (non-hydrogen) atoms. The summed E-state index contributed by atoms with van der Waals surface area (Å²) in [4.78, 5) is 13.0. The summed E-state index contributed by atoms with van der Waals surface area (Å²) in [5.41, 5.74) is 4.23. The second kappa shape index (κ2) is 10.1. The van der Waals surface area contributed by atoms with E-state index in [0.29, 0.717) is 18.7 Å². The van der Waals surface area contributed by atoms with Gasteiger partial charge in [0.05, 0.1) is 22.4 Å². The van der Waals surface area contributed by atoms with Crippen molar-refractivity contribution in [3.8, 4) is 11.3 Å². The lowest BCUT2D eigenvalue weighted by Crippen LogP contribution is -2.23. The molecule has 4 rings (SSSR count). The molecule has 4 aromatic rings. The predicted molar refractivity (Wildman–Crippen MR) is 133 cm³/mol. The third-order valence-electron chi connectivity index (χ3n) is 5.58. The molecule has 1 heterocycles. The first-order chi connectivity index (χ1) is 16.3. The lowest BCUT2D eigenvalue weighted by molar-refractivity contribution is 0.0951. The zero-order chi connectivity index (χ0) is 24.1. The Labute approximate surface area is 200 Å². The first kappa shape index (κ1) is 23.4. The van der Waals surface area contributed by atoms with E-state index in [2.05, 4.69) is 17.4 Å². The molecule has 0 aliphatic carbocycles. The van der Waals surface area contributed by atoms with Crippen molar-refractivity contribution in [3.05, 3.63) is 108 Å². The fraction of sp³-hybridized carbons (Fsp3) is 0.185. The Hall–Kier alpha value is -3.71. The normalized spacial score (nSPS) is 11.5. The van der Waals surface area contributed by atoms with Crippen LogP contribution in [0.3, 0.4) is 0 Å². The molecule has 0 unspecified atom stereocenters. The molecule has 0 saturated carbocycles. The SMILES string of the molecule is CC(C)S(=O)(=O)c1ccc(C(=O)NCc2cn(Cc3ccccc3)nc2-c2ccccc2)cc1. The number of hydrogen-bond acceptors (Lipinski definition) is 4. The van der Waals surface area contributed by atoms with Crippen LogP contribution in [-0.2, 0) is 22.9 Å². The molecule has 1 amide bonds. The van der Waals surface area contributed by atoms with E-state index in [9.17, 15) is 13.2 Å². The first-order valence-electron chi connectivity index (χ1n) is 11.1. The summed E-state index contributed by atoms with van der Waals surface area (Å²) in [6.07, 6.45) is 1.95. The van der Waals surface area contributed by atoms with Gasteiger partial charge in [-0.25, -0.2) is 8.42 Å². The van der Waals surface area contributed by atoms with Crippen LogP contribution in [-0.4, -0.2) is 29.4 Å². The molecular formula is C27H27N3O3S. The molecule has 0 aliphatic heterocycles.